The number of nitrogens with zero attached hydrogens (tertiary/aromatic N) is 3. The zero-order chi connectivity index (χ0) is 15.6. The Bertz CT molecular complexity index is 939. The van der Waals surface area contributed by atoms with E-state index in [1.165, 1.54) is 4.57 Å². The Morgan fingerprint density at radius 3 is 2.83 bits per heavy atom. The van der Waals surface area contributed by atoms with Gasteiger partial charge in [0.25, 0.3) is 11.8 Å². The van der Waals surface area contributed by atoms with Crippen molar-refractivity contribution in [3.63, 3.8) is 0 Å². The minimum absolute atomic E-state index is 0.0521. The number of fused-ring (bicyclic) bond motifs is 4. The fraction of sp³-hybridized carbons (Fsp3) is 0.278. The Morgan fingerprint density at radius 2 is 2.00 bits per heavy atom. The number of aromatic nitrogens is 2. The van der Waals surface area contributed by atoms with E-state index in [9.17, 15) is 9.59 Å². The number of pyridine rings is 1. The van der Waals surface area contributed by atoms with Crippen molar-refractivity contribution in [2.75, 3.05) is 13.1 Å². The number of hydrogen-bond acceptors (Lipinski definition) is 3. The van der Waals surface area contributed by atoms with Gasteiger partial charge in [-0.15, -0.1) is 0 Å². The van der Waals surface area contributed by atoms with Gasteiger partial charge in [0.05, 0.1) is 11.2 Å². The van der Waals surface area contributed by atoms with Crippen LogP contribution in [0.25, 0.3) is 22.2 Å². The van der Waals surface area contributed by atoms with Crippen molar-refractivity contribution in [1.82, 2.24) is 14.5 Å². The van der Waals surface area contributed by atoms with E-state index in [-0.39, 0.29) is 18.4 Å². The molecule has 1 aromatic carbocycles. The van der Waals surface area contributed by atoms with Crippen LogP contribution in [0.15, 0.2) is 36.5 Å². The quantitative estimate of drug-likeness (QED) is 0.731. The first-order valence-corrected chi connectivity index (χ1v) is 7.94. The maximum atomic E-state index is 12.8. The first-order valence-electron chi connectivity index (χ1n) is 7.94. The van der Waals surface area contributed by atoms with Crippen LogP contribution in [-0.2, 0) is 0 Å². The topological polar surface area (TPSA) is 55.2 Å². The molecular formula is C18H15N3O2. The Morgan fingerprint density at radius 1 is 1.17 bits per heavy atom. The monoisotopic (exact) mass is 305 g/mol. The number of carbonyl (C=O) groups excluding carboxylic acids is 2. The molecule has 1 fully saturated rings. The first kappa shape index (κ1) is 12.8. The van der Waals surface area contributed by atoms with Crippen LogP contribution in [0.4, 0.5) is 0 Å². The van der Waals surface area contributed by atoms with Gasteiger partial charge in [-0.1, -0.05) is 18.2 Å². The molecule has 0 saturated heterocycles. The molecule has 5 rings (SSSR count). The Labute approximate surface area is 132 Å². The predicted molar refractivity (Wildman–Crippen MR) is 85.6 cm³/mol. The Balaban J connectivity index is 1.70. The lowest BCUT2D eigenvalue weighted by Gasteiger charge is -2.29. The second-order valence-electron chi connectivity index (χ2n) is 6.48. The first-order chi connectivity index (χ1) is 11.2. The lowest BCUT2D eigenvalue weighted by molar-refractivity contribution is 0.0611. The Kier molecular flexibility index (Phi) is 2.46. The summed E-state index contributed by atoms with van der Waals surface area (Å²) in [4.78, 5) is 31.5. The molecule has 0 N–H and O–H groups in total. The highest BCUT2D eigenvalue weighted by molar-refractivity contribution is 6.06. The largest absolute Gasteiger partial charge is 0.328 e. The highest BCUT2D eigenvalue weighted by Gasteiger charge is 2.34. The van der Waals surface area contributed by atoms with Crippen LogP contribution in [0, 0.1) is 5.92 Å². The maximum absolute atomic E-state index is 12.8. The van der Waals surface area contributed by atoms with Crippen LogP contribution in [-0.4, -0.2) is 39.4 Å². The third-order valence-electron chi connectivity index (χ3n) is 4.78. The molecule has 0 aromatic heterocycles. The highest BCUT2D eigenvalue weighted by Crippen LogP contribution is 2.34. The molecule has 0 atom stereocenters. The summed E-state index contributed by atoms with van der Waals surface area (Å²) in [7, 11) is 0. The third-order valence-corrected chi connectivity index (χ3v) is 4.78. The van der Waals surface area contributed by atoms with Crippen molar-refractivity contribution in [3.05, 3.63) is 42.2 Å². The summed E-state index contributed by atoms with van der Waals surface area (Å²) in [5.41, 5.74) is 3.03. The summed E-state index contributed by atoms with van der Waals surface area (Å²) >= 11 is 0. The number of amides is 1. The molecule has 1 amide bonds. The van der Waals surface area contributed by atoms with Crippen molar-refractivity contribution >= 4 is 22.7 Å². The number of rotatable bonds is 2. The van der Waals surface area contributed by atoms with E-state index in [0.29, 0.717) is 18.2 Å². The fourth-order valence-corrected chi connectivity index (χ4v) is 3.38. The smallest absolute Gasteiger partial charge is 0.271 e. The molecule has 114 valence electrons. The van der Waals surface area contributed by atoms with Crippen molar-refractivity contribution in [3.8, 4) is 11.3 Å². The van der Waals surface area contributed by atoms with E-state index in [1.54, 1.807) is 11.1 Å². The van der Waals surface area contributed by atoms with Gasteiger partial charge in [-0.25, -0.2) is 4.98 Å². The molecule has 5 nitrogen and oxygen atoms in total. The van der Waals surface area contributed by atoms with Crippen LogP contribution in [0.5, 0.6) is 0 Å². The van der Waals surface area contributed by atoms with Crippen LogP contribution in [0.2, 0.25) is 0 Å². The third kappa shape index (κ3) is 1.89. The van der Waals surface area contributed by atoms with Crippen molar-refractivity contribution < 1.29 is 9.59 Å². The van der Waals surface area contributed by atoms with Crippen molar-refractivity contribution in [2.45, 2.75) is 12.8 Å². The number of hydrogen-bond donors (Lipinski definition) is 0. The molecule has 1 aromatic rings. The molecular weight excluding hydrogens is 290 g/mol. The molecule has 0 radical (unpaired) electrons. The van der Waals surface area contributed by atoms with Gasteiger partial charge in [0.15, 0.2) is 0 Å². The zero-order valence-electron chi connectivity index (χ0n) is 12.5. The van der Waals surface area contributed by atoms with Crippen LogP contribution in [0.3, 0.4) is 0 Å². The van der Waals surface area contributed by atoms with Gasteiger partial charge >= 0.3 is 0 Å². The van der Waals surface area contributed by atoms with Gasteiger partial charge < -0.3 is 4.90 Å². The summed E-state index contributed by atoms with van der Waals surface area (Å²) in [6.07, 6.45) is 4.03. The number of benzene rings is 1. The van der Waals surface area contributed by atoms with E-state index >= 15 is 0 Å². The van der Waals surface area contributed by atoms with E-state index in [1.807, 2.05) is 30.3 Å². The number of para-hydroxylation sites is 1. The van der Waals surface area contributed by atoms with E-state index in [4.69, 9.17) is 0 Å². The minimum atomic E-state index is -0.0609. The molecule has 0 unspecified atom stereocenters. The average molecular weight is 305 g/mol. The van der Waals surface area contributed by atoms with E-state index in [0.717, 1.165) is 35.0 Å². The van der Waals surface area contributed by atoms with Gasteiger partial charge in [-0.3, -0.25) is 14.2 Å². The van der Waals surface area contributed by atoms with Crippen LogP contribution in [0.1, 0.15) is 28.1 Å². The molecule has 5 heteroatoms. The minimum Gasteiger partial charge on any atom is -0.328 e. The summed E-state index contributed by atoms with van der Waals surface area (Å²) < 4.78 is 1.47. The standard InChI is InChI=1S/C18H15N3O2/c22-17-10-20(8-11-5-6-11)18(23)16-7-13-12-3-1-2-4-14(12)19-15(13)9-21(16)17/h1-4,7,9,11H,5-6,8,10H2. The molecule has 1 aliphatic carbocycles. The summed E-state index contributed by atoms with van der Waals surface area (Å²) in [6, 6.07) is 9.67. The lowest BCUT2D eigenvalue weighted by atomic mass is 10.1. The van der Waals surface area contributed by atoms with Gasteiger partial charge in [0.1, 0.15) is 12.2 Å². The van der Waals surface area contributed by atoms with Crippen LogP contribution < -0.4 is 0 Å². The van der Waals surface area contributed by atoms with Gasteiger partial charge in [-0.2, -0.15) is 0 Å². The zero-order valence-corrected chi connectivity index (χ0v) is 12.5. The fourth-order valence-electron chi connectivity index (χ4n) is 3.38. The number of carbonyl (C=O) groups is 2. The molecule has 0 bridgehead atoms. The average Bonchev–Trinajstić information content (AvgIpc) is 3.30. The molecule has 23 heavy (non-hydrogen) atoms. The predicted octanol–water partition coefficient (Wildman–Crippen LogP) is 2.65. The SMILES string of the molecule is O=C1c2cc3c4ccccc4nc-3cn2C(=O)CN1CC1CC1. The normalized spacial score (nSPS) is 18.0. The second kappa shape index (κ2) is 4.41. The van der Waals surface area contributed by atoms with Crippen molar-refractivity contribution in [1.29, 1.82) is 0 Å². The summed E-state index contributed by atoms with van der Waals surface area (Å²) in [5, 5.41) is 1.02. The molecule has 3 heterocycles. The van der Waals surface area contributed by atoms with Gasteiger partial charge in [0, 0.05) is 23.7 Å². The summed E-state index contributed by atoms with van der Waals surface area (Å²) in [5.74, 6) is 0.460. The lowest BCUT2D eigenvalue weighted by Crippen LogP contribution is -2.45. The molecule has 0 spiro atoms. The highest BCUT2D eigenvalue weighted by atomic mass is 16.2. The second-order valence-corrected chi connectivity index (χ2v) is 6.48. The molecule has 4 aliphatic rings. The van der Waals surface area contributed by atoms with E-state index in [2.05, 4.69) is 4.98 Å². The van der Waals surface area contributed by atoms with Crippen LogP contribution >= 0.6 is 0 Å². The molecule has 1 saturated carbocycles. The summed E-state index contributed by atoms with van der Waals surface area (Å²) in [6.45, 7) is 0.862. The maximum Gasteiger partial charge on any atom is 0.271 e. The van der Waals surface area contributed by atoms with E-state index < -0.39 is 0 Å². The van der Waals surface area contributed by atoms with Gasteiger partial charge in [-0.05, 0) is 30.9 Å². The van der Waals surface area contributed by atoms with Gasteiger partial charge in [0.2, 0.25) is 0 Å². The Hall–Kier alpha value is -2.69. The molecule has 3 aliphatic heterocycles. The van der Waals surface area contributed by atoms with Crippen molar-refractivity contribution in [2.24, 2.45) is 5.92 Å².